The normalized spacial score (nSPS) is 14.7. The van der Waals surface area contributed by atoms with E-state index in [0.29, 0.717) is 37.7 Å². The van der Waals surface area contributed by atoms with Gasteiger partial charge in [-0.1, -0.05) is 49.6 Å². The van der Waals surface area contributed by atoms with Crippen LogP contribution >= 0.6 is 0 Å². The largest absolute Gasteiger partial charge is 0.489 e. The smallest absolute Gasteiger partial charge is 0.319 e. The molecule has 0 bridgehead atoms. The van der Waals surface area contributed by atoms with Crippen LogP contribution < -0.4 is 26.4 Å². The Labute approximate surface area is 202 Å². The molecule has 1 aliphatic rings. The molecule has 1 aliphatic carbocycles. The van der Waals surface area contributed by atoms with Crippen LogP contribution in [0.2, 0.25) is 0 Å². The van der Waals surface area contributed by atoms with E-state index in [9.17, 15) is 9.59 Å². The van der Waals surface area contributed by atoms with Gasteiger partial charge >= 0.3 is 6.03 Å². The molecule has 7 nitrogen and oxygen atoms in total. The Balaban J connectivity index is 1.47. The van der Waals surface area contributed by atoms with E-state index >= 15 is 0 Å². The van der Waals surface area contributed by atoms with Crippen molar-refractivity contribution in [2.24, 2.45) is 11.7 Å². The average Bonchev–Trinajstić information content (AvgIpc) is 2.87. The van der Waals surface area contributed by atoms with Crippen LogP contribution in [0.3, 0.4) is 0 Å². The summed E-state index contributed by atoms with van der Waals surface area (Å²) in [5, 5.41) is 8.71. The summed E-state index contributed by atoms with van der Waals surface area (Å²) in [6, 6.07) is 16.2. The zero-order chi connectivity index (χ0) is 24.0. The third kappa shape index (κ3) is 9.06. The van der Waals surface area contributed by atoms with Crippen molar-refractivity contribution >= 4 is 17.6 Å². The summed E-state index contributed by atoms with van der Waals surface area (Å²) < 4.78 is 5.79. The molecule has 1 atom stereocenters. The molecule has 0 aliphatic heterocycles. The lowest BCUT2D eigenvalue weighted by atomic mass is 9.89. The number of hydrogen-bond donors (Lipinski definition) is 4. The van der Waals surface area contributed by atoms with Gasteiger partial charge in [0.2, 0.25) is 5.91 Å². The quantitative estimate of drug-likeness (QED) is 0.344. The average molecular weight is 467 g/mol. The number of amides is 3. The molecule has 5 N–H and O–H groups in total. The van der Waals surface area contributed by atoms with Gasteiger partial charge in [0.1, 0.15) is 18.4 Å². The fourth-order valence-electron chi connectivity index (χ4n) is 4.22. The van der Waals surface area contributed by atoms with Gasteiger partial charge in [0.05, 0.1) is 0 Å². The number of carbonyl (C=O) groups excluding carboxylic acids is 2. The number of urea groups is 1. The van der Waals surface area contributed by atoms with Gasteiger partial charge in [0, 0.05) is 12.2 Å². The van der Waals surface area contributed by atoms with Gasteiger partial charge in [-0.2, -0.15) is 0 Å². The van der Waals surface area contributed by atoms with Crippen molar-refractivity contribution in [3.63, 3.8) is 0 Å². The molecule has 7 heteroatoms. The van der Waals surface area contributed by atoms with Crippen molar-refractivity contribution in [2.45, 2.75) is 64.0 Å². The maximum atomic E-state index is 12.8. The number of ether oxygens (including phenoxy) is 1. The zero-order valence-corrected chi connectivity index (χ0v) is 19.9. The molecule has 0 heterocycles. The van der Waals surface area contributed by atoms with Gasteiger partial charge < -0.3 is 26.4 Å². The van der Waals surface area contributed by atoms with Crippen LogP contribution in [0.4, 0.5) is 10.5 Å². The predicted octanol–water partition coefficient (Wildman–Crippen LogP) is 4.58. The molecule has 0 spiro atoms. The van der Waals surface area contributed by atoms with E-state index in [2.05, 4.69) is 16.0 Å². The minimum absolute atomic E-state index is 0.123. The number of nitrogens with two attached hydrogens (primary N) is 1. The van der Waals surface area contributed by atoms with E-state index in [4.69, 9.17) is 10.5 Å². The van der Waals surface area contributed by atoms with Crippen LogP contribution in [0.1, 0.15) is 56.9 Å². The van der Waals surface area contributed by atoms with Gasteiger partial charge in [-0.3, -0.25) is 4.79 Å². The van der Waals surface area contributed by atoms with E-state index in [1.54, 1.807) is 12.1 Å². The van der Waals surface area contributed by atoms with Crippen molar-refractivity contribution < 1.29 is 14.3 Å². The van der Waals surface area contributed by atoms with Crippen LogP contribution in [0.25, 0.3) is 0 Å². The summed E-state index contributed by atoms with van der Waals surface area (Å²) >= 11 is 0. The molecule has 3 rings (SSSR count). The first-order valence-corrected chi connectivity index (χ1v) is 12.5. The standard InChI is InChI=1S/C27H38N4O3/c28-18-8-7-13-25(26(32)29-19-21-9-3-1-4-10-21)31-27(33)30-23-14-16-24(17-15-23)34-20-22-11-5-2-6-12-22/h2,5-6,11-12,14-17,21,25H,1,3-4,7-10,13,18-20,28H2,(H,29,32)(H2,30,31,33)/t25-/m0/s1. The van der Waals surface area contributed by atoms with Gasteiger partial charge in [0.25, 0.3) is 0 Å². The Morgan fingerprint density at radius 1 is 0.971 bits per heavy atom. The lowest BCUT2D eigenvalue weighted by Crippen LogP contribution is -2.49. The van der Waals surface area contributed by atoms with Crippen molar-refractivity contribution in [1.29, 1.82) is 0 Å². The van der Waals surface area contributed by atoms with E-state index in [1.165, 1.54) is 19.3 Å². The second-order valence-electron chi connectivity index (χ2n) is 8.98. The molecule has 34 heavy (non-hydrogen) atoms. The number of nitrogens with one attached hydrogen (secondary N) is 3. The van der Waals surface area contributed by atoms with Crippen molar-refractivity contribution in [1.82, 2.24) is 10.6 Å². The topological polar surface area (TPSA) is 105 Å². The molecule has 1 fully saturated rings. The summed E-state index contributed by atoms with van der Waals surface area (Å²) in [6.07, 6.45) is 8.25. The monoisotopic (exact) mass is 466 g/mol. The third-order valence-corrected chi connectivity index (χ3v) is 6.22. The number of benzene rings is 2. The SMILES string of the molecule is NCCCC[C@H](NC(=O)Nc1ccc(OCc2ccccc2)cc1)C(=O)NCC1CCCCC1. The van der Waals surface area contributed by atoms with E-state index in [1.807, 2.05) is 42.5 Å². The summed E-state index contributed by atoms with van der Waals surface area (Å²) in [7, 11) is 0. The fourth-order valence-corrected chi connectivity index (χ4v) is 4.22. The summed E-state index contributed by atoms with van der Waals surface area (Å²) in [4.78, 5) is 25.4. The van der Waals surface area contributed by atoms with Crippen LogP contribution in [0, 0.1) is 5.92 Å². The fraction of sp³-hybridized carbons (Fsp3) is 0.481. The van der Waals surface area contributed by atoms with Crippen molar-refractivity contribution in [3.8, 4) is 5.75 Å². The Morgan fingerprint density at radius 3 is 2.41 bits per heavy atom. The molecule has 184 valence electrons. The Bertz CT molecular complexity index is 867. The summed E-state index contributed by atoms with van der Waals surface area (Å²) in [5.74, 6) is 1.14. The first-order chi connectivity index (χ1) is 16.6. The molecule has 0 unspecified atom stereocenters. The van der Waals surface area contributed by atoms with Crippen molar-refractivity contribution in [2.75, 3.05) is 18.4 Å². The lowest BCUT2D eigenvalue weighted by molar-refractivity contribution is -0.123. The predicted molar refractivity (Wildman–Crippen MR) is 136 cm³/mol. The lowest BCUT2D eigenvalue weighted by Gasteiger charge is -2.24. The number of anilines is 1. The molecule has 1 saturated carbocycles. The number of unbranched alkanes of at least 4 members (excludes halogenated alkanes) is 1. The number of rotatable bonds is 12. The number of carbonyl (C=O) groups is 2. The molecular weight excluding hydrogens is 428 g/mol. The highest BCUT2D eigenvalue weighted by Crippen LogP contribution is 2.23. The Morgan fingerprint density at radius 2 is 1.71 bits per heavy atom. The molecule has 0 radical (unpaired) electrons. The summed E-state index contributed by atoms with van der Waals surface area (Å²) in [6.45, 7) is 1.73. The maximum absolute atomic E-state index is 12.8. The van der Waals surface area contributed by atoms with Gasteiger partial charge in [0.15, 0.2) is 0 Å². The van der Waals surface area contributed by atoms with Gasteiger partial charge in [-0.05, 0) is 74.4 Å². The minimum Gasteiger partial charge on any atom is -0.489 e. The molecule has 0 saturated heterocycles. The van der Waals surface area contributed by atoms with Crippen molar-refractivity contribution in [3.05, 3.63) is 60.2 Å². The Kier molecular flexibility index (Phi) is 10.7. The van der Waals surface area contributed by atoms with E-state index < -0.39 is 12.1 Å². The van der Waals surface area contributed by atoms with Crippen LogP contribution in [0.5, 0.6) is 5.75 Å². The van der Waals surface area contributed by atoms with Crippen LogP contribution in [0.15, 0.2) is 54.6 Å². The van der Waals surface area contributed by atoms with Gasteiger partial charge in [-0.25, -0.2) is 4.79 Å². The second kappa shape index (κ2) is 14.3. The highest BCUT2D eigenvalue weighted by molar-refractivity contribution is 5.93. The van der Waals surface area contributed by atoms with Crippen LogP contribution in [-0.4, -0.2) is 31.1 Å². The zero-order valence-electron chi connectivity index (χ0n) is 19.9. The summed E-state index contributed by atoms with van der Waals surface area (Å²) in [5.41, 5.74) is 7.33. The van der Waals surface area contributed by atoms with Gasteiger partial charge in [-0.15, -0.1) is 0 Å². The van der Waals surface area contributed by atoms with E-state index in [0.717, 1.165) is 37.0 Å². The first-order valence-electron chi connectivity index (χ1n) is 12.5. The van der Waals surface area contributed by atoms with E-state index in [-0.39, 0.29) is 5.91 Å². The minimum atomic E-state index is -0.580. The molecule has 2 aromatic carbocycles. The van der Waals surface area contributed by atoms with Crippen LogP contribution in [-0.2, 0) is 11.4 Å². The molecule has 2 aromatic rings. The highest BCUT2D eigenvalue weighted by Gasteiger charge is 2.22. The third-order valence-electron chi connectivity index (χ3n) is 6.22. The maximum Gasteiger partial charge on any atom is 0.319 e. The first kappa shape index (κ1) is 25.6. The number of hydrogen-bond acceptors (Lipinski definition) is 4. The molecule has 3 amide bonds. The Hall–Kier alpha value is -3.06. The molecule has 0 aromatic heterocycles. The molecular formula is C27H38N4O3. The second-order valence-corrected chi connectivity index (χ2v) is 8.98. The highest BCUT2D eigenvalue weighted by atomic mass is 16.5.